The van der Waals surface area contributed by atoms with Crippen LogP contribution < -0.4 is 0 Å². The van der Waals surface area contributed by atoms with Gasteiger partial charge in [0.15, 0.2) is 0 Å². The zero-order chi connectivity index (χ0) is 19.3. The Hall–Kier alpha value is -2.89. The minimum Gasteiger partial charge on any atom is -0.489 e. The third-order valence-electron chi connectivity index (χ3n) is 4.32. The van der Waals surface area contributed by atoms with Crippen molar-refractivity contribution >= 4 is 17.5 Å². The number of hydrogen-bond acceptors (Lipinski definition) is 5. The topological polar surface area (TPSA) is 89.9 Å². The van der Waals surface area contributed by atoms with E-state index in [0.717, 1.165) is 11.1 Å². The zero-order valence-corrected chi connectivity index (χ0v) is 15.1. The molecule has 0 fully saturated rings. The Labute approximate surface area is 152 Å². The molecule has 138 valence electrons. The molecule has 0 heterocycles. The first-order valence-corrected chi connectivity index (χ1v) is 8.30. The number of hydrogen-bond donors (Lipinski definition) is 1. The van der Waals surface area contributed by atoms with E-state index < -0.39 is 5.97 Å². The van der Waals surface area contributed by atoms with Crippen molar-refractivity contribution in [1.82, 2.24) is 0 Å². The van der Waals surface area contributed by atoms with Gasteiger partial charge in [-0.05, 0) is 30.9 Å². The lowest BCUT2D eigenvalue weighted by Gasteiger charge is -2.20. The SMILES string of the molecule is COC1=C(OC)C(=O)C(Cc2cccc(CCCC(=O)O)c2)=C(C)C1=O. The number of allylic oxidation sites excluding steroid dienone is 2. The molecule has 0 saturated heterocycles. The van der Waals surface area contributed by atoms with Crippen LogP contribution in [0.5, 0.6) is 0 Å². The molecule has 0 saturated carbocycles. The van der Waals surface area contributed by atoms with Gasteiger partial charge in [-0.3, -0.25) is 14.4 Å². The Morgan fingerprint density at radius 2 is 1.65 bits per heavy atom. The number of benzene rings is 1. The summed E-state index contributed by atoms with van der Waals surface area (Å²) < 4.78 is 10.1. The van der Waals surface area contributed by atoms with E-state index >= 15 is 0 Å². The molecule has 6 heteroatoms. The molecule has 26 heavy (non-hydrogen) atoms. The molecule has 2 rings (SSSR count). The molecule has 0 aliphatic heterocycles. The van der Waals surface area contributed by atoms with Gasteiger partial charge in [-0.25, -0.2) is 0 Å². The van der Waals surface area contributed by atoms with Crippen LogP contribution in [0.1, 0.15) is 30.9 Å². The highest BCUT2D eigenvalue weighted by Crippen LogP contribution is 2.28. The van der Waals surface area contributed by atoms with E-state index in [9.17, 15) is 14.4 Å². The van der Waals surface area contributed by atoms with Crippen molar-refractivity contribution in [1.29, 1.82) is 0 Å². The van der Waals surface area contributed by atoms with Gasteiger partial charge in [-0.15, -0.1) is 0 Å². The molecular formula is C20H22O6. The lowest BCUT2D eigenvalue weighted by atomic mass is 9.88. The fourth-order valence-electron chi connectivity index (χ4n) is 2.95. The molecule has 6 nitrogen and oxygen atoms in total. The molecule has 1 N–H and O–H groups in total. The molecule has 1 aliphatic carbocycles. The lowest BCUT2D eigenvalue weighted by molar-refractivity contribution is -0.137. The van der Waals surface area contributed by atoms with Gasteiger partial charge in [0.1, 0.15) is 0 Å². The average Bonchev–Trinajstić information content (AvgIpc) is 2.61. The number of ether oxygens (including phenoxy) is 2. The summed E-state index contributed by atoms with van der Waals surface area (Å²) in [5.74, 6) is -1.66. The summed E-state index contributed by atoms with van der Waals surface area (Å²) >= 11 is 0. The molecular weight excluding hydrogens is 336 g/mol. The highest BCUT2D eigenvalue weighted by molar-refractivity contribution is 6.23. The summed E-state index contributed by atoms with van der Waals surface area (Å²) in [5.41, 5.74) is 2.61. The van der Waals surface area contributed by atoms with Crippen LogP contribution in [0.15, 0.2) is 46.9 Å². The maximum absolute atomic E-state index is 12.7. The van der Waals surface area contributed by atoms with Crippen LogP contribution in [0, 0.1) is 0 Å². The summed E-state index contributed by atoms with van der Waals surface area (Å²) in [5, 5.41) is 8.73. The molecule has 0 spiro atoms. The smallest absolute Gasteiger partial charge is 0.303 e. The standard InChI is InChI=1S/C20H22O6/c1-12-15(18(24)20(26-3)19(25-2)17(12)23)11-14-8-4-6-13(10-14)7-5-9-16(21)22/h4,6,8,10H,5,7,9,11H2,1-3H3,(H,21,22). The van der Waals surface area contributed by atoms with Crippen molar-refractivity contribution in [3.63, 3.8) is 0 Å². The third kappa shape index (κ3) is 4.20. The second-order valence-electron chi connectivity index (χ2n) is 6.07. The monoisotopic (exact) mass is 358 g/mol. The summed E-state index contributed by atoms with van der Waals surface area (Å²) in [4.78, 5) is 35.7. The first-order valence-electron chi connectivity index (χ1n) is 8.30. The summed E-state index contributed by atoms with van der Waals surface area (Å²) in [6.07, 6.45) is 1.60. The summed E-state index contributed by atoms with van der Waals surface area (Å²) in [7, 11) is 2.67. The van der Waals surface area contributed by atoms with E-state index in [1.807, 2.05) is 24.3 Å². The Morgan fingerprint density at radius 1 is 1.04 bits per heavy atom. The van der Waals surface area contributed by atoms with E-state index in [4.69, 9.17) is 14.6 Å². The van der Waals surface area contributed by atoms with Gasteiger partial charge < -0.3 is 14.6 Å². The van der Waals surface area contributed by atoms with Gasteiger partial charge >= 0.3 is 5.97 Å². The van der Waals surface area contributed by atoms with Crippen molar-refractivity contribution in [2.24, 2.45) is 0 Å². The number of ketones is 2. The highest BCUT2D eigenvalue weighted by atomic mass is 16.5. The van der Waals surface area contributed by atoms with Gasteiger partial charge in [0.25, 0.3) is 0 Å². The summed E-state index contributed by atoms with van der Waals surface area (Å²) in [6.45, 7) is 1.61. The molecule has 0 aromatic heterocycles. The predicted molar refractivity (Wildman–Crippen MR) is 94.5 cm³/mol. The third-order valence-corrected chi connectivity index (χ3v) is 4.32. The van der Waals surface area contributed by atoms with Gasteiger partial charge in [0.05, 0.1) is 14.2 Å². The van der Waals surface area contributed by atoms with Crippen LogP contribution in [0.25, 0.3) is 0 Å². The molecule has 0 amide bonds. The quantitative estimate of drug-likeness (QED) is 0.719. The highest BCUT2D eigenvalue weighted by Gasteiger charge is 2.34. The predicted octanol–water partition coefficient (Wildman–Crippen LogP) is 2.61. The number of rotatable bonds is 8. The number of carbonyl (C=O) groups is 3. The van der Waals surface area contributed by atoms with Gasteiger partial charge in [0, 0.05) is 24.0 Å². The molecule has 0 bridgehead atoms. The van der Waals surface area contributed by atoms with E-state index in [2.05, 4.69) is 0 Å². The second-order valence-corrected chi connectivity index (χ2v) is 6.07. The first-order chi connectivity index (χ1) is 12.4. The van der Waals surface area contributed by atoms with Crippen molar-refractivity contribution in [2.75, 3.05) is 14.2 Å². The maximum atomic E-state index is 12.7. The van der Waals surface area contributed by atoms with E-state index in [0.29, 0.717) is 30.4 Å². The van der Waals surface area contributed by atoms with Crippen molar-refractivity contribution in [3.8, 4) is 0 Å². The van der Waals surface area contributed by atoms with E-state index in [-0.39, 0.29) is 29.5 Å². The Morgan fingerprint density at radius 3 is 2.27 bits per heavy atom. The Kier molecular flexibility index (Phi) is 6.33. The largest absolute Gasteiger partial charge is 0.489 e. The van der Waals surface area contributed by atoms with Gasteiger partial charge in [-0.1, -0.05) is 24.3 Å². The zero-order valence-electron chi connectivity index (χ0n) is 15.1. The minimum atomic E-state index is -0.818. The number of carboxylic acid groups (broad SMARTS) is 1. The number of aliphatic carboxylic acids is 1. The minimum absolute atomic E-state index is 0.0684. The molecule has 1 aromatic rings. The molecule has 1 aliphatic rings. The number of carboxylic acids is 1. The number of aryl methyl sites for hydroxylation is 1. The molecule has 0 unspecified atom stereocenters. The van der Waals surface area contributed by atoms with E-state index in [1.54, 1.807) is 6.92 Å². The van der Waals surface area contributed by atoms with Crippen LogP contribution in [0.3, 0.4) is 0 Å². The van der Waals surface area contributed by atoms with Crippen molar-refractivity contribution < 1.29 is 29.0 Å². The Balaban J connectivity index is 2.22. The number of Topliss-reactive ketones (excluding diaryl/α,β-unsaturated/α-hetero) is 2. The average molecular weight is 358 g/mol. The Bertz CT molecular complexity index is 800. The normalized spacial score (nSPS) is 14.7. The molecule has 0 radical (unpaired) electrons. The van der Waals surface area contributed by atoms with E-state index in [1.165, 1.54) is 14.2 Å². The maximum Gasteiger partial charge on any atom is 0.303 e. The molecule has 1 aromatic carbocycles. The first kappa shape index (κ1) is 19.4. The summed E-state index contributed by atoms with van der Waals surface area (Å²) in [6, 6.07) is 7.59. The fraction of sp³-hybridized carbons (Fsp3) is 0.350. The number of methoxy groups -OCH3 is 2. The van der Waals surface area contributed by atoms with Crippen LogP contribution >= 0.6 is 0 Å². The van der Waals surface area contributed by atoms with Crippen molar-refractivity contribution in [2.45, 2.75) is 32.6 Å². The fourth-order valence-corrected chi connectivity index (χ4v) is 2.95. The van der Waals surface area contributed by atoms with Gasteiger partial charge in [-0.2, -0.15) is 0 Å². The van der Waals surface area contributed by atoms with Crippen LogP contribution in [0.4, 0.5) is 0 Å². The van der Waals surface area contributed by atoms with Gasteiger partial charge in [0.2, 0.25) is 23.1 Å². The van der Waals surface area contributed by atoms with Crippen LogP contribution in [-0.4, -0.2) is 36.9 Å². The van der Waals surface area contributed by atoms with Crippen LogP contribution in [0.2, 0.25) is 0 Å². The van der Waals surface area contributed by atoms with Crippen molar-refractivity contribution in [3.05, 3.63) is 58.1 Å². The second kappa shape index (κ2) is 8.47. The lowest BCUT2D eigenvalue weighted by Crippen LogP contribution is -2.26. The van der Waals surface area contributed by atoms with Crippen LogP contribution in [-0.2, 0) is 36.7 Å². The number of carbonyl (C=O) groups excluding carboxylic acids is 2. The molecule has 0 atom stereocenters.